The average Bonchev–Trinajstić information content (AvgIpc) is 2.90. The fourth-order valence-corrected chi connectivity index (χ4v) is 2.34. The van der Waals surface area contributed by atoms with Crippen LogP contribution >= 0.6 is 11.6 Å². The Morgan fingerprint density at radius 3 is 2.91 bits per heavy atom. The number of ether oxygens (including phenoxy) is 1. The lowest BCUT2D eigenvalue weighted by Crippen LogP contribution is -2.13. The first-order chi connectivity index (χ1) is 10.5. The van der Waals surface area contributed by atoms with Crippen LogP contribution in [0.3, 0.4) is 0 Å². The molecule has 1 aromatic carbocycles. The van der Waals surface area contributed by atoms with E-state index in [0.29, 0.717) is 34.7 Å². The maximum absolute atomic E-state index is 12.3. The quantitative estimate of drug-likeness (QED) is 0.847. The van der Waals surface area contributed by atoms with E-state index < -0.39 is 0 Å². The molecule has 2 aromatic rings. The average molecular weight is 322 g/mol. The van der Waals surface area contributed by atoms with Gasteiger partial charge in [0.05, 0.1) is 17.3 Å². The number of H-pyrrole nitrogens is 1. The van der Waals surface area contributed by atoms with E-state index in [9.17, 15) is 4.79 Å². The number of amides is 1. The van der Waals surface area contributed by atoms with Gasteiger partial charge in [-0.25, -0.2) is 0 Å². The maximum Gasteiger partial charge on any atom is 0.276 e. The van der Waals surface area contributed by atoms with Gasteiger partial charge in [-0.3, -0.25) is 9.89 Å². The van der Waals surface area contributed by atoms with Gasteiger partial charge in [-0.05, 0) is 37.5 Å². The van der Waals surface area contributed by atoms with Gasteiger partial charge in [0.2, 0.25) is 0 Å². The molecule has 0 aliphatic carbocycles. The fraction of sp³-hybridized carbons (Fsp3) is 0.375. The number of aromatic nitrogens is 2. The second kappa shape index (κ2) is 7.31. The molecule has 2 rings (SSSR count). The number of benzene rings is 1. The number of para-hydroxylation sites is 1. The molecule has 0 saturated heterocycles. The van der Waals surface area contributed by atoms with Crippen molar-refractivity contribution in [2.45, 2.75) is 27.2 Å². The van der Waals surface area contributed by atoms with Crippen molar-refractivity contribution in [2.24, 2.45) is 5.92 Å². The maximum atomic E-state index is 12.3. The van der Waals surface area contributed by atoms with E-state index in [1.54, 1.807) is 24.3 Å². The van der Waals surface area contributed by atoms with Crippen LogP contribution in [-0.2, 0) is 6.42 Å². The summed E-state index contributed by atoms with van der Waals surface area (Å²) in [6.45, 7) is 6.55. The minimum atomic E-state index is -0.297. The molecule has 22 heavy (non-hydrogen) atoms. The van der Waals surface area contributed by atoms with E-state index in [2.05, 4.69) is 29.4 Å². The van der Waals surface area contributed by atoms with E-state index in [4.69, 9.17) is 16.3 Å². The van der Waals surface area contributed by atoms with Crippen LogP contribution in [0.5, 0.6) is 5.75 Å². The number of hydrogen-bond donors (Lipinski definition) is 2. The van der Waals surface area contributed by atoms with E-state index in [1.165, 1.54) is 0 Å². The number of rotatable bonds is 6. The minimum Gasteiger partial charge on any atom is -0.490 e. The van der Waals surface area contributed by atoms with E-state index >= 15 is 0 Å². The Morgan fingerprint density at radius 2 is 2.23 bits per heavy atom. The summed E-state index contributed by atoms with van der Waals surface area (Å²) in [5.74, 6) is 0.668. The second-order valence-corrected chi connectivity index (χ2v) is 5.79. The number of nitrogens with one attached hydrogen (secondary N) is 2. The Labute approximate surface area is 135 Å². The van der Waals surface area contributed by atoms with Crippen molar-refractivity contribution in [3.63, 3.8) is 0 Å². The molecule has 1 aromatic heterocycles. The predicted molar refractivity (Wildman–Crippen MR) is 87.7 cm³/mol. The number of halogens is 1. The first-order valence-corrected chi connectivity index (χ1v) is 7.66. The van der Waals surface area contributed by atoms with Crippen LogP contribution in [0.1, 0.15) is 37.0 Å². The van der Waals surface area contributed by atoms with Gasteiger partial charge < -0.3 is 10.1 Å². The van der Waals surface area contributed by atoms with E-state index in [0.717, 1.165) is 12.1 Å². The van der Waals surface area contributed by atoms with Crippen molar-refractivity contribution >= 4 is 23.2 Å². The summed E-state index contributed by atoms with van der Waals surface area (Å²) in [5.41, 5.74) is 1.82. The summed E-state index contributed by atoms with van der Waals surface area (Å²) in [7, 11) is 0. The van der Waals surface area contributed by atoms with Crippen LogP contribution < -0.4 is 10.1 Å². The molecule has 0 aliphatic rings. The van der Waals surface area contributed by atoms with Crippen LogP contribution in [0.15, 0.2) is 24.3 Å². The van der Waals surface area contributed by atoms with Crippen molar-refractivity contribution in [2.75, 3.05) is 11.9 Å². The molecule has 1 amide bonds. The minimum absolute atomic E-state index is 0.297. The van der Waals surface area contributed by atoms with Gasteiger partial charge in [0.25, 0.3) is 5.91 Å². The number of hydrogen-bond acceptors (Lipinski definition) is 3. The summed E-state index contributed by atoms with van der Waals surface area (Å²) in [6, 6.07) is 6.99. The lowest BCUT2D eigenvalue weighted by Gasteiger charge is -2.12. The number of carbonyl (C=O) groups excluding carboxylic acids is 1. The van der Waals surface area contributed by atoms with Gasteiger partial charge in [-0.2, -0.15) is 5.10 Å². The van der Waals surface area contributed by atoms with Crippen LogP contribution in [0, 0.1) is 5.92 Å². The summed E-state index contributed by atoms with van der Waals surface area (Å²) < 4.78 is 5.49. The Balaban J connectivity index is 2.15. The second-order valence-electron chi connectivity index (χ2n) is 5.38. The highest BCUT2D eigenvalue weighted by Gasteiger charge is 2.15. The Bertz CT molecular complexity index is 653. The molecule has 0 saturated carbocycles. The van der Waals surface area contributed by atoms with Gasteiger partial charge in [0.1, 0.15) is 0 Å². The number of nitrogens with zero attached hydrogens (tertiary/aromatic N) is 1. The smallest absolute Gasteiger partial charge is 0.276 e. The Hall–Kier alpha value is -2.01. The monoisotopic (exact) mass is 321 g/mol. The first kappa shape index (κ1) is 16.4. The van der Waals surface area contributed by atoms with Crippen LogP contribution in [-0.4, -0.2) is 22.7 Å². The lowest BCUT2D eigenvalue weighted by molar-refractivity contribution is 0.102. The highest BCUT2D eigenvalue weighted by Crippen LogP contribution is 2.33. The molecular weight excluding hydrogens is 302 g/mol. The molecule has 2 N–H and O–H groups in total. The van der Waals surface area contributed by atoms with Crippen molar-refractivity contribution in [3.05, 3.63) is 40.7 Å². The summed E-state index contributed by atoms with van der Waals surface area (Å²) in [6.07, 6.45) is 0.849. The molecule has 0 unspecified atom stereocenters. The Morgan fingerprint density at radius 1 is 1.45 bits per heavy atom. The van der Waals surface area contributed by atoms with Gasteiger partial charge in [-0.1, -0.05) is 31.5 Å². The van der Waals surface area contributed by atoms with Crippen LogP contribution in [0.25, 0.3) is 0 Å². The third kappa shape index (κ3) is 4.01. The third-order valence-electron chi connectivity index (χ3n) is 3.00. The third-order valence-corrected chi connectivity index (χ3v) is 3.29. The summed E-state index contributed by atoms with van der Waals surface area (Å²) >= 11 is 6.10. The first-order valence-electron chi connectivity index (χ1n) is 7.28. The van der Waals surface area contributed by atoms with Crippen LogP contribution in [0.4, 0.5) is 5.69 Å². The summed E-state index contributed by atoms with van der Waals surface area (Å²) in [5, 5.41) is 10.2. The predicted octanol–water partition coefficient (Wildman–Crippen LogP) is 3.91. The SMILES string of the molecule is CCOc1c(Cl)cccc1NC(=O)c1cc(CC(C)C)[nH]n1. The van der Waals surface area contributed by atoms with Gasteiger partial charge in [0, 0.05) is 5.69 Å². The zero-order valence-corrected chi connectivity index (χ0v) is 13.7. The highest BCUT2D eigenvalue weighted by molar-refractivity contribution is 6.32. The molecule has 6 heteroatoms. The molecule has 5 nitrogen and oxygen atoms in total. The van der Waals surface area contributed by atoms with Gasteiger partial charge >= 0.3 is 0 Å². The van der Waals surface area contributed by atoms with Gasteiger partial charge in [0.15, 0.2) is 11.4 Å². The molecule has 0 spiro atoms. The number of aromatic amines is 1. The van der Waals surface area contributed by atoms with E-state index in [-0.39, 0.29) is 5.91 Å². The highest BCUT2D eigenvalue weighted by atomic mass is 35.5. The molecular formula is C16H20ClN3O2. The molecule has 1 heterocycles. The van der Waals surface area contributed by atoms with E-state index in [1.807, 2.05) is 6.92 Å². The largest absolute Gasteiger partial charge is 0.490 e. The molecule has 0 bridgehead atoms. The fourth-order valence-electron chi connectivity index (χ4n) is 2.11. The van der Waals surface area contributed by atoms with Crippen molar-refractivity contribution in [1.29, 1.82) is 0 Å². The van der Waals surface area contributed by atoms with Crippen molar-refractivity contribution in [1.82, 2.24) is 10.2 Å². The molecule has 0 aliphatic heterocycles. The molecule has 0 fully saturated rings. The summed E-state index contributed by atoms with van der Waals surface area (Å²) in [4.78, 5) is 12.3. The van der Waals surface area contributed by atoms with Crippen molar-refractivity contribution in [3.8, 4) is 5.75 Å². The lowest BCUT2D eigenvalue weighted by atomic mass is 10.1. The number of carbonyl (C=O) groups is 1. The molecule has 118 valence electrons. The Kier molecular flexibility index (Phi) is 5.44. The molecule has 0 atom stereocenters. The number of anilines is 1. The normalized spacial score (nSPS) is 10.8. The van der Waals surface area contributed by atoms with Gasteiger partial charge in [-0.15, -0.1) is 0 Å². The zero-order chi connectivity index (χ0) is 16.1. The van der Waals surface area contributed by atoms with Crippen molar-refractivity contribution < 1.29 is 9.53 Å². The zero-order valence-electron chi connectivity index (χ0n) is 12.9. The topological polar surface area (TPSA) is 67.0 Å². The molecule has 0 radical (unpaired) electrons. The standard InChI is InChI=1S/C16H20ClN3O2/c1-4-22-15-12(17)6-5-7-13(15)18-16(21)14-9-11(19-20-14)8-10(2)3/h5-7,9-10H,4,8H2,1-3H3,(H,18,21)(H,19,20). The van der Waals surface area contributed by atoms with Crippen LogP contribution in [0.2, 0.25) is 5.02 Å².